The SMILES string of the molecule is N#C[C@@H]1CC2CC2N1C(=O)[C@@H](N)C12CC3C[C@H](CC(OC(=O)[C@@H](N)CCCCN)(C3)C1)C2. The molecule has 1 amide bonds. The summed E-state index contributed by atoms with van der Waals surface area (Å²) in [7, 11) is 0. The van der Waals surface area contributed by atoms with E-state index in [4.69, 9.17) is 21.9 Å². The normalized spacial score (nSPS) is 42.8. The molecule has 6 rings (SSSR count). The van der Waals surface area contributed by atoms with Crippen LogP contribution in [0.25, 0.3) is 0 Å². The first-order chi connectivity index (χ1) is 15.3. The van der Waals surface area contributed by atoms with E-state index in [1.807, 2.05) is 0 Å². The van der Waals surface area contributed by atoms with Gasteiger partial charge in [0.15, 0.2) is 0 Å². The summed E-state index contributed by atoms with van der Waals surface area (Å²) < 4.78 is 6.17. The van der Waals surface area contributed by atoms with Crippen molar-refractivity contribution in [1.82, 2.24) is 4.90 Å². The summed E-state index contributed by atoms with van der Waals surface area (Å²) in [5, 5.41) is 9.55. The second-order valence-corrected chi connectivity index (χ2v) is 11.5. The predicted octanol–water partition coefficient (Wildman–Crippen LogP) is 1.17. The molecule has 0 radical (unpaired) electrons. The van der Waals surface area contributed by atoms with Crippen LogP contribution >= 0.6 is 0 Å². The number of piperidine rings is 1. The summed E-state index contributed by atoms with van der Waals surface area (Å²) in [6, 6.07) is 0.896. The van der Waals surface area contributed by atoms with Crippen LogP contribution in [0.5, 0.6) is 0 Å². The minimum absolute atomic E-state index is 0.0662. The second kappa shape index (κ2) is 7.96. The number of likely N-dealkylation sites (tertiary alicyclic amines) is 1. The van der Waals surface area contributed by atoms with Gasteiger partial charge in [0.25, 0.3) is 0 Å². The summed E-state index contributed by atoms with van der Waals surface area (Å²) in [5.74, 6) is 0.929. The van der Waals surface area contributed by atoms with Crippen LogP contribution in [0.2, 0.25) is 0 Å². The highest BCUT2D eigenvalue weighted by Crippen LogP contribution is 2.64. The Bertz CT molecular complexity index is 811. The van der Waals surface area contributed by atoms with E-state index in [9.17, 15) is 14.9 Å². The Labute approximate surface area is 190 Å². The van der Waals surface area contributed by atoms with E-state index in [-0.39, 0.29) is 29.4 Å². The minimum atomic E-state index is -0.639. The molecule has 9 atom stereocenters. The zero-order valence-electron chi connectivity index (χ0n) is 18.9. The Kier molecular flexibility index (Phi) is 5.51. The third-order valence-electron chi connectivity index (χ3n) is 9.08. The maximum absolute atomic E-state index is 13.6. The van der Waals surface area contributed by atoms with E-state index in [1.165, 1.54) is 0 Å². The number of esters is 1. The Morgan fingerprint density at radius 1 is 1.09 bits per heavy atom. The lowest BCUT2D eigenvalue weighted by Crippen LogP contribution is -2.66. The molecule has 6 fully saturated rings. The molecule has 8 heteroatoms. The standard InChI is InChI=1S/C24H37N5O3/c25-4-2-1-3-18(27)22(31)32-24-10-14-5-15(11-24)9-23(8-14,13-24)20(28)21(30)29-17(12-26)6-16-7-19(16)29/h14-20H,1-11,13,25,27-28H2/t14-,15?,16?,17-,18-,19?,20+,23?,24?/m0/s1. The van der Waals surface area contributed by atoms with Gasteiger partial charge < -0.3 is 26.8 Å². The average Bonchev–Trinajstić information content (AvgIpc) is 3.41. The molecule has 32 heavy (non-hydrogen) atoms. The number of amides is 1. The van der Waals surface area contributed by atoms with Crippen LogP contribution in [-0.2, 0) is 14.3 Å². The van der Waals surface area contributed by atoms with Crippen LogP contribution in [0, 0.1) is 34.5 Å². The Hall–Kier alpha value is -1.69. The van der Waals surface area contributed by atoms with Crippen molar-refractivity contribution in [2.75, 3.05) is 6.54 Å². The lowest BCUT2D eigenvalue weighted by atomic mass is 9.46. The molecular formula is C24H37N5O3. The largest absolute Gasteiger partial charge is 0.458 e. The lowest BCUT2D eigenvalue weighted by molar-refractivity contribution is -0.207. The average molecular weight is 444 g/mol. The first-order valence-corrected chi connectivity index (χ1v) is 12.5. The van der Waals surface area contributed by atoms with Crippen molar-refractivity contribution in [1.29, 1.82) is 5.26 Å². The van der Waals surface area contributed by atoms with E-state index >= 15 is 0 Å². The van der Waals surface area contributed by atoms with Crippen LogP contribution in [0.4, 0.5) is 0 Å². The molecule has 4 bridgehead atoms. The molecule has 0 aromatic carbocycles. The van der Waals surface area contributed by atoms with Gasteiger partial charge in [0.05, 0.1) is 12.1 Å². The number of carbonyl (C=O) groups excluding carboxylic acids is 2. The molecule has 0 spiro atoms. The molecule has 0 aromatic rings. The van der Waals surface area contributed by atoms with Gasteiger partial charge in [-0.15, -0.1) is 0 Å². The van der Waals surface area contributed by atoms with Crippen molar-refractivity contribution < 1.29 is 14.3 Å². The van der Waals surface area contributed by atoms with Crippen molar-refractivity contribution in [2.24, 2.45) is 40.4 Å². The van der Waals surface area contributed by atoms with Gasteiger partial charge in [-0.2, -0.15) is 5.26 Å². The molecule has 5 unspecified atom stereocenters. The molecule has 5 aliphatic carbocycles. The van der Waals surface area contributed by atoms with Crippen LogP contribution in [0.3, 0.4) is 0 Å². The summed E-state index contributed by atoms with van der Waals surface area (Å²) in [6.45, 7) is 0.592. The number of hydrogen-bond acceptors (Lipinski definition) is 7. The Balaban J connectivity index is 1.31. The molecule has 8 nitrogen and oxygen atoms in total. The summed E-state index contributed by atoms with van der Waals surface area (Å²) >= 11 is 0. The molecule has 1 heterocycles. The number of nitrogens with zero attached hydrogens (tertiary/aromatic N) is 2. The topological polar surface area (TPSA) is 148 Å². The van der Waals surface area contributed by atoms with Crippen LogP contribution in [0.15, 0.2) is 0 Å². The highest BCUT2D eigenvalue weighted by Gasteiger charge is 2.64. The first-order valence-electron chi connectivity index (χ1n) is 12.5. The number of ether oxygens (including phenoxy) is 1. The minimum Gasteiger partial charge on any atom is -0.458 e. The maximum atomic E-state index is 13.6. The quantitative estimate of drug-likeness (QED) is 0.376. The van der Waals surface area contributed by atoms with Gasteiger partial charge >= 0.3 is 5.97 Å². The van der Waals surface area contributed by atoms with Crippen molar-refractivity contribution in [3.05, 3.63) is 0 Å². The lowest BCUT2D eigenvalue weighted by Gasteiger charge is -2.62. The van der Waals surface area contributed by atoms with Gasteiger partial charge in [-0.05, 0) is 93.9 Å². The molecule has 1 aliphatic heterocycles. The van der Waals surface area contributed by atoms with Gasteiger partial charge in [0, 0.05) is 6.04 Å². The number of nitriles is 1. The van der Waals surface area contributed by atoms with Crippen LogP contribution < -0.4 is 17.2 Å². The van der Waals surface area contributed by atoms with E-state index in [0.717, 1.165) is 57.8 Å². The Morgan fingerprint density at radius 2 is 1.81 bits per heavy atom. The fourth-order valence-electron chi connectivity index (χ4n) is 7.96. The number of carbonyl (C=O) groups is 2. The highest BCUT2D eigenvalue weighted by atomic mass is 16.6. The molecule has 6 aliphatic rings. The Morgan fingerprint density at radius 3 is 2.47 bits per heavy atom. The molecule has 176 valence electrons. The van der Waals surface area contributed by atoms with Crippen molar-refractivity contribution in [3.8, 4) is 6.07 Å². The maximum Gasteiger partial charge on any atom is 0.323 e. The number of unbranched alkanes of at least 4 members (excludes halogenated alkanes) is 1. The summed E-state index contributed by atoms with van der Waals surface area (Å²) in [5.41, 5.74) is 17.5. The smallest absolute Gasteiger partial charge is 0.323 e. The first kappa shape index (κ1) is 22.1. The number of rotatable bonds is 8. The van der Waals surface area contributed by atoms with E-state index in [2.05, 4.69) is 6.07 Å². The zero-order valence-corrected chi connectivity index (χ0v) is 18.9. The van der Waals surface area contributed by atoms with E-state index in [0.29, 0.717) is 37.1 Å². The highest BCUT2D eigenvalue weighted by molar-refractivity contribution is 5.84. The fraction of sp³-hybridized carbons (Fsp3) is 0.875. The van der Waals surface area contributed by atoms with E-state index in [1.54, 1.807) is 4.90 Å². The third kappa shape index (κ3) is 3.63. The zero-order chi connectivity index (χ0) is 22.7. The predicted molar refractivity (Wildman–Crippen MR) is 118 cm³/mol. The fourth-order valence-corrected chi connectivity index (χ4v) is 7.96. The van der Waals surface area contributed by atoms with Gasteiger partial charge in [-0.1, -0.05) is 6.42 Å². The van der Waals surface area contributed by atoms with Crippen LogP contribution in [-0.4, -0.2) is 53.1 Å². The van der Waals surface area contributed by atoms with Gasteiger partial charge in [-0.3, -0.25) is 9.59 Å². The summed E-state index contributed by atoms with van der Waals surface area (Å²) in [4.78, 5) is 28.2. The van der Waals surface area contributed by atoms with Gasteiger partial charge in [0.1, 0.15) is 17.7 Å². The number of hydrogen-bond donors (Lipinski definition) is 3. The number of fused-ring (bicyclic) bond motifs is 1. The molecule has 0 aromatic heterocycles. The number of nitrogens with two attached hydrogens (primary N) is 3. The molecule has 5 saturated carbocycles. The third-order valence-corrected chi connectivity index (χ3v) is 9.08. The molecular weight excluding hydrogens is 406 g/mol. The van der Waals surface area contributed by atoms with E-state index < -0.39 is 17.7 Å². The van der Waals surface area contributed by atoms with Gasteiger partial charge in [-0.25, -0.2) is 0 Å². The monoisotopic (exact) mass is 443 g/mol. The molecule has 1 saturated heterocycles. The molecule has 6 N–H and O–H groups in total. The van der Waals surface area contributed by atoms with Crippen molar-refractivity contribution in [2.45, 2.75) is 100 Å². The summed E-state index contributed by atoms with van der Waals surface area (Å²) in [6.07, 6.45) is 9.31. The van der Waals surface area contributed by atoms with Gasteiger partial charge in [0.2, 0.25) is 5.91 Å². The van der Waals surface area contributed by atoms with Crippen molar-refractivity contribution >= 4 is 11.9 Å². The van der Waals surface area contributed by atoms with Crippen LogP contribution in [0.1, 0.15) is 70.6 Å². The second-order valence-electron chi connectivity index (χ2n) is 11.5. The van der Waals surface area contributed by atoms with Crippen molar-refractivity contribution in [3.63, 3.8) is 0 Å².